The van der Waals surface area contributed by atoms with Gasteiger partial charge in [0.1, 0.15) is 30.0 Å². The Labute approximate surface area is 205 Å². The number of benzene rings is 1. The SMILES string of the molecule is CNCC(O)COc1cccc(-c2nc(-c3c(C)noc3C)c(C)c(N3CCOCC3)n2)c1.CO. The molecule has 35 heavy (non-hydrogen) atoms. The maximum absolute atomic E-state index is 9.96. The van der Waals surface area contributed by atoms with Crippen LogP contribution >= 0.6 is 0 Å². The fourth-order valence-corrected chi connectivity index (χ4v) is 3.99. The zero-order valence-corrected chi connectivity index (χ0v) is 21.0. The van der Waals surface area contributed by atoms with E-state index in [1.54, 1.807) is 7.05 Å². The summed E-state index contributed by atoms with van der Waals surface area (Å²) in [6.07, 6.45) is -0.589. The summed E-state index contributed by atoms with van der Waals surface area (Å²) in [5, 5.41) is 24.0. The number of hydrogen-bond donors (Lipinski definition) is 3. The number of hydrogen-bond acceptors (Lipinski definition) is 10. The molecule has 1 unspecified atom stereocenters. The molecule has 1 saturated heterocycles. The molecule has 190 valence electrons. The second kappa shape index (κ2) is 12.6. The van der Waals surface area contributed by atoms with E-state index in [0.29, 0.717) is 31.3 Å². The van der Waals surface area contributed by atoms with E-state index in [1.807, 2.05) is 45.0 Å². The Morgan fingerprint density at radius 3 is 2.54 bits per heavy atom. The summed E-state index contributed by atoms with van der Waals surface area (Å²) >= 11 is 0. The fraction of sp³-hybridized carbons (Fsp3) is 0.480. The molecule has 1 aromatic carbocycles. The predicted octanol–water partition coefficient (Wildman–Crippen LogP) is 2.13. The number of aliphatic hydroxyl groups excluding tert-OH is 2. The highest BCUT2D eigenvalue weighted by Crippen LogP contribution is 2.35. The van der Waals surface area contributed by atoms with Crippen molar-refractivity contribution in [2.24, 2.45) is 0 Å². The van der Waals surface area contributed by atoms with Crippen molar-refractivity contribution in [2.75, 3.05) is 58.5 Å². The van der Waals surface area contributed by atoms with Gasteiger partial charge in [-0.1, -0.05) is 17.3 Å². The van der Waals surface area contributed by atoms with Crippen LogP contribution in [0.15, 0.2) is 28.8 Å². The van der Waals surface area contributed by atoms with Crippen LogP contribution in [0.25, 0.3) is 22.6 Å². The van der Waals surface area contributed by atoms with Gasteiger partial charge in [0, 0.05) is 37.9 Å². The van der Waals surface area contributed by atoms with E-state index >= 15 is 0 Å². The molecule has 4 rings (SSSR count). The largest absolute Gasteiger partial charge is 0.491 e. The number of ether oxygens (including phenoxy) is 2. The second-order valence-electron chi connectivity index (χ2n) is 8.19. The number of anilines is 1. The van der Waals surface area contributed by atoms with Crippen molar-refractivity contribution in [2.45, 2.75) is 26.9 Å². The Balaban J connectivity index is 0.00000167. The molecule has 0 spiro atoms. The minimum atomic E-state index is -0.589. The summed E-state index contributed by atoms with van der Waals surface area (Å²) in [6.45, 7) is 9.39. The Hall–Kier alpha value is -3.05. The molecule has 1 atom stereocenters. The highest BCUT2D eigenvalue weighted by molar-refractivity contribution is 5.75. The van der Waals surface area contributed by atoms with Gasteiger partial charge in [-0.05, 0) is 40.0 Å². The molecule has 0 saturated carbocycles. The maximum atomic E-state index is 9.96. The van der Waals surface area contributed by atoms with Gasteiger partial charge in [0.25, 0.3) is 0 Å². The van der Waals surface area contributed by atoms with Crippen LogP contribution in [-0.2, 0) is 4.74 Å². The Kier molecular flexibility index (Phi) is 9.55. The first-order chi connectivity index (χ1) is 17.0. The highest BCUT2D eigenvalue weighted by atomic mass is 16.5. The standard InChI is InChI=1S/C24H31N5O4.CH4O/c1-15-22(21-16(2)28-33-17(21)3)26-23(27-24(15)29-8-10-31-11-9-29)18-6-5-7-20(12-18)32-14-19(30)13-25-4;1-2/h5-7,12,19,25,30H,8-11,13-14H2,1-4H3;2H,1H3. The van der Waals surface area contributed by atoms with Crippen molar-refractivity contribution >= 4 is 5.82 Å². The minimum absolute atomic E-state index is 0.197. The van der Waals surface area contributed by atoms with Crippen molar-refractivity contribution < 1.29 is 24.2 Å². The first-order valence-corrected chi connectivity index (χ1v) is 11.6. The molecule has 10 nitrogen and oxygen atoms in total. The molecule has 0 radical (unpaired) electrons. The summed E-state index contributed by atoms with van der Waals surface area (Å²) in [6, 6.07) is 7.63. The van der Waals surface area contributed by atoms with Crippen molar-refractivity contribution in [3.63, 3.8) is 0 Å². The first kappa shape index (κ1) is 26.6. The quantitative estimate of drug-likeness (QED) is 0.437. The van der Waals surface area contributed by atoms with Crippen molar-refractivity contribution in [1.29, 1.82) is 0 Å². The average molecular weight is 486 g/mol. The number of aliphatic hydroxyl groups is 2. The lowest BCUT2D eigenvalue weighted by molar-refractivity contribution is 0.108. The third-order valence-electron chi connectivity index (χ3n) is 5.68. The van der Waals surface area contributed by atoms with E-state index in [2.05, 4.69) is 15.4 Å². The van der Waals surface area contributed by atoms with E-state index in [1.165, 1.54) is 0 Å². The molecule has 1 fully saturated rings. The number of morpholine rings is 1. The zero-order chi connectivity index (χ0) is 25.4. The molecule has 0 aliphatic carbocycles. The van der Waals surface area contributed by atoms with Gasteiger partial charge in [-0.2, -0.15) is 0 Å². The number of nitrogens with zero attached hydrogens (tertiary/aromatic N) is 4. The van der Waals surface area contributed by atoms with Gasteiger partial charge in [-0.3, -0.25) is 0 Å². The van der Waals surface area contributed by atoms with Crippen LogP contribution < -0.4 is 15.0 Å². The lowest BCUT2D eigenvalue weighted by Gasteiger charge is -2.30. The van der Waals surface area contributed by atoms with Crippen LogP contribution in [0.3, 0.4) is 0 Å². The molecule has 1 aliphatic rings. The van der Waals surface area contributed by atoms with Gasteiger partial charge in [0.2, 0.25) is 0 Å². The lowest BCUT2D eigenvalue weighted by atomic mass is 10.0. The van der Waals surface area contributed by atoms with Crippen molar-refractivity contribution in [3.05, 3.63) is 41.3 Å². The third kappa shape index (κ3) is 6.34. The van der Waals surface area contributed by atoms with E-state index in [4.69, 9.17) is 29.1 Å². The highest BCUT2D eigenvalue weighted by Gasteiger charge is 2.24. The Bertz CT molecular complexity index is 1080. The van der Waals surface area contributed by atoms with Crippen LogP contribution in [0.2, 0.25) is 0 Å². The molecular formula is C25H35N5O5. The predicted molar refractivity (Wildman–Crippen MR) is 134 cm³/mol. The summed E-state index contributed by atoms with van der Waals surface area (Å²) in [5.41, 5.74) is 4.32. The van der Waals surface area contributed by atoms with E-state index in [9.17, 15) is 5.11 Å². The second-order valence-corrected chi connectivity index (χ2v) is 8.19. The van der Waals surface area contributed by atoms with Gasteiger partial charge in [0.15, 0.2) is 5.82 Å². The third-order valence-corrected chi connectivity index (χ3v) is 5.68. The molecule has 3 heterocycles. The number of nitrogens with one attached hydrogen (secondary N) is 1. The van der Waals surface area contributed by atoms with Crippen LogP contribution in [0.1, 0.15) is 17.0 Å². The van der Waals surface area contributed by atoms with Crippen LogP contribution in [0.4, 0.5) is 5.82 Å². The molecule has 3 aromatic rings. The van der Waals surface area contributed by atoms with Crippen molar-refractivity contribution in [3.8, 4) is 28.4 Å². The van der Waals surface area contributed by atoms with Gasteiger partial charge < -0.3 is 34.4 Å². The average Bonchev–Trinajstić information content (AvgIpc) is 3.22. The molecule has 0 bridgehead atoms. The van der Waals surface area contributed by atoms with E-state index in [-0.39, 0.29) is 6.61 Å². The van der Waals surface area contributed by atoms with E-state index in [0.717, 1.165) is 59.9 Å². The lowest BCUT2D eigenvalue weighted by Crippen LogP contribution is -2.37. The van der Waals surface area contributed by atoms with Gasteiger partial charge in [0.05, 0.1) is 30.2 Å². The topological polar surface area (TPSA) is 126 Å². The van der Waals surface area contributed by atoms with Gasteiger partial charge in [-0.25, -0.2) is 9.97 Å². The number of rotatable bonds is 8. The number of aryl methyl sites for hydroxylation is 2. The molecule has 0 amide bonds. The molecule has 2 aromatic heterocycles. The fourth-order valence-electron chi connectivity index (χ4n) is 3.99. The zero-order valence-electron chi connectivity index (χ0n) is 21.0. The summed E-state index contributed by atoms with van der Waals surface area (Å²) in [4.78, 5) is 12.1. The Morgan fingerprint density at radius 2 is 1.89 bits per heavy atom. The first-order valence-electron chi connectivity index (χ1n) is 11.6. The summed E-state index contributed by atoms with van der Waals surface area (Å²) in [5.74, 6) is 2.86. The molecule has 1 aliphatic heterocycles. The Morgan fingerprint density at radius 1 is 1.14 bits per heavy atom. The normalized spacial score (nSPS) is 14.3. The molecular weight excluding hydrogens is 450 g/mol. The minimum Gasteiger partial charge on any atom is -0.491 e. The van der Waals surface area contributed by atoms with E-state index < -0.39 is 6.10 Å². The summed E-state index contributed by atoms with van der Waals surface area (Å²) < 4.78 is 16.8. The van der Waals surface area contributed by atoms with Crippen molar-refractivity contribution in [1.82, 2.24) is 20.4 Å². The maximum Gasteiger partial charge on any atom is 0.162 e. The van der Waals surface area contributed by atoms with Crippen LogP contribution in [0, 0.1) is 20.8 Å². The monoisotopic (exact) mass is 485 g/mol. The number of likely N-dealkylation sites (N-methyl/N-ethyl adjacent to an activating group) is 1. The van der Waals surface area contributed by atoms with Crippen LogP contribution in [0.5, 0.6) is 5.75 Å². The van der Waals surface area contributed by atoms with Gasteiger partial charge in [-0.15, -0.1) is 0 Å². The van der Waals surface area contributed by atoms with Crippen LogP contribution in [-0.4, -0.2) is 85.1 Å². The molecule has 10 heteroatoms. The smallest absolute Gasteiger partial charge is 0.162 e. The summed E-state index contributed by atoms with van der Waals surface area (Å²) in [7, 11) is 2.79. The molecule has 3 N–H and O–H groups in total. The van der Waals surface area contributed by atoms with Gasteiger partial charge >= 0.3 is 0 Å². The number of aromatic nitrogens is 3.